The minimum absolute atomic E-state index is 0.730. The fourth-order valence-corrected chi connectivity index (χ4v) is 2.39. The van der Waals surface area contributed by atoms with Crippen LogP contribution in [0.2, 0.25) is 0 Å². The lowest BCUT2D eigenvalue weighted by atomic mass is 10.3. The number of rotatable bonds is 1. The summed E-state index contributed by atoms with van der Waals surface area (Å²) in [5, 5.41) is 1.95. The lowest BCUT2D eigenvalue weighted by Gasteiger charge is -1.91. The predicted molar refractivity (Wildman–Crippen MR) is 66.4 cm³/mol. The molecule has 0 aliphatic carbocycles. The van der Waals surface area contributed by atoms with Gasteiger partial charge in [-0.25, -0.2) is 9.97 Å². The molecule has 16 heavy (non-hydrogen) atoms. The zero-order valence-electron chi connectivity index (χ0n) is 8.69. The van der Waals surface area contributed by atoms with Crippen molar-refractivity contribution in [3.8, 4) is 10.7 Å². The van der Waals surface area contributed by atoms with E-state index in [4.69, 9.17) is 5.73 Å². The van der Waals surface area contributed by atoms with Gasteiger partial charge in [0.2, 0.25) is 0 Å². The second kappa shape index (κ2) is 3.31. The number of aromatic nitrogens is 3. The molecule has 3 rings (SSSR count). The summed E-state index contributed by atoms with van der Waals surface area (Å²) in [7, 11) is 0. The number of imidazole rings is 1. The van der Waals surface area contributed by atoms with Gasteiger partial charge in [0.05, 0.1) is 16.1 Å². The molecule has 0 radical (unpaired) electrons. The quantitative estimate of drug-likeness (QED) is 0.675. The van der Waals surface area contributed by atoms with Gasteiger partial charge in [0.15, 0.2) is 11.5 Å². The largest absolute Gasteiger partial charge is 0.397 e. The number of hydrogen-bond acceptors (Lipinski definition) is 4. The highest BCUT2D eigenvalue weighted by molar-refractivity contribution is 7.14. The molecule has 0 unspecified atom stereocenters. The molecule has 80 valence electrons. The van der Waals surface area contributed by atoms with Crippen molar-refractivity contribution in [1.29, 1.82) is 0 Å². The van der Waals surface area contributed by atoms with Crippen molar-refractivity contribution >= 4 is 28.2 Å². The summed E-state index contributed by atoms with van der Waals surface area (Å²) in [6.07, 6.45) is 1.81. The van der Waals surface area contributed by atoms with E-state index in [0.29, 0.717) is 0 Å². The zero-order valence-corrected chi connectivity index (χ0v) is 9.51. The van der Waals surface area contributed by atoms with Gasteiger partial charge in [0.1, 0.15) is 0 Å². The van der Waals surface area contributed by atoms with E-state index in [1.54, 1.807) is 11.3 Å². The van der Waals surface area contributed by atoms with Gasteiger partial charge in [0.25, 0.3) is 0 Å². The Morgan fingerprint density at radius 2 is 2.31 bits per heavy atom. The number of pyridine rings is 1. The molecular formula is C11H10N4S. The summed E-state index contributed by atoms with van der Waals surface area (Å²) in [6, 6.07) is 3.91. The molecule has 0 aromatic carbocycles. The number of nitrogens with zero attached hydrogens (tertiary/aromatic N) is 2. The maximum absolute atomic E-state index is 5.85. The fraction of sp³-hybridized carbons (Fsp3) is 0.0909. The SMILES string of the molecule is Cc1cnc2nc(-c3sccc3N)[nH]c2c1. The molecule has 0 saturated heterocycles. The number of fused-ring (bicyclic) bond motifs is 1. The van der Waals surface area contributed by atoms with Crippen LogP contribution < -0.4 is 5.73 Å². The first-order valence-electron chi connectivity index (χ1n) is 4.90. The Balaban J connectivity index is 2.23. The van der Waals surface area contributed by atoms with E-state index < -0.39 is 0 Å². The average Bonchev–Trinajstić information content (AvgIpc) is 2.82. The molecule has 0 aliphatic rings. The molecule has 0 spiro atoms. The Bertz CT molecular complexity index is 653. The number of nitrogens with one attached hydrogen (secondary N) is 1. The molecule has 3 heterocycles. The molecule has 0 saturated carbocycles. The highest BCUT2D eigenvalue weighted by Crippen LogP contribution is 2.30. The monoisotopic (exact) mass is 230 g/mol. The highest BCUT2D eigenvalue weighted by atomic mass is 32.1. The third kappa shape index (κ3) is 1.37. The van der Waals surface area contributed by atoms with Gasteiger partial charge in [-0.05, 0) is 30.0 Å². The summed E-state index contributed by atoms with van der Waals surface area (Å²) in [5.74, 6) is 0.792. The number of aryl methyl sites for hydroxylation is 1. The maximum Gasteiger partial charge on any atom is 0.178 e. The van der Waals surface area contributed by atoms with Gasteiger partial charge in [-0.15, -0.1) is 11.3 Å². The predicted octanol–water partition coefficient (Wildman–Crippen LogP) is 2.58. The molecule has 3 aromatic heterocycles. The van der Waals surface area contributed by atoms with Crippen LogP contribution in [0.15, 0.2) is 23.7 Å². The van der Waals surface area contributed by atoms with E-state index in [1.165, 1.54) is 0 Å². The first-order chi connectivity index (χ1) is 7.74. The third-order valence-corrected chi connectivity index (χ3v) is 3.32. The normalized spacial score (nSPS) is 11.1. The average molecular weight is 230 g/mol. The Hall–Kier alpha value is -1.88. The van der Waals surface area contributed by atoms with Crippen molar-refractivity contribution in [2.24, 2.45) is 0 Å². The molecule has 0 aliphatic heterocycles. The second-order valence-electron chi connectivity index (χ2n) is 3.67. The number of hydrogen-bond donors (Lipinski definition) is 2. The van der Waals surface area contributed by atoms with Gasteiger partial charge in [-0.3, -0.25) is 0 Å². The number of H-pyrrole nitrogens is 1. The lowest BCUT2D eigenvalue weighted by molar-refractivity contribution is 1.29. The van der Waals surface area contributed by atoms with Crippen LogP contribution in [0.25, 0.3) is 21.9 Å². The summed E-state index contributed by atoms with van der Waals surface area (Å²) in [6.45, 7) is 2.01. The van der Waals surface area contributed by atoms with E-state index in [2.05, 4.69) is 15.0 Å². The smallest absolute Gasteiger partial charge is 0.178 e. The third-order valence-electron chi connectivity index (χ3n) is 2.38. The summed E-state index contributed by atoms with van der Waals surface area (Å²) >= 11 is 1.58. The Kier molecular flexibility index (Phi) is 1.94. The van der Waals surface area contributed by atoms with Crippen molar-refractivity contribution < 1.29 is 0 Å². The number of aromatic amines is 1. The van der Waals surface area contributed by atoms with Crippen LogP contribution >= 0.6 is 11.3 Å². The molecule has 3 N–H and O–H groups in total. The molecule has 0 amide bonds. The Morgan fingerprint density at radius 1 is 1.44 bits per heavy atom. The second-order valence-corrected chi connectivity index (χ2v) is 4.59. The highest BCUT2D eigenvalue weighted by Gasteiger charge is 2.10. The van der Waals surface area contributed by atoms with E-state index in [-0.39, 0.29) is 0 Å². The number of nitrogen functional groups attached to an aromatic ring is 1. The van der Waals surface area contributed by atoms with Crippen LogP contribution in [0.5, 0.6) is 0 Å². The Morgan fingerprint density at radius 3 is 3.06 bits per heavy atom. The maximum atomic E-state index is 5.85. The van der Waals surface area contributed by atoms with Crippen molar-refractivity contribution in [3.05, 3.63) is 29.3 Å². The van der Waals surface area contributed by atoms with E-state index in [1.807, 2.05) is 30.6 Å². The zero-order chi connectivity index (χ0) is 11.1. The van der Waals surface area contributed by atoms with Crippen molar-refractivity contribution in [1.82, 2.24) is 15.0 Å². The van der Waals surface area contributed by atoms with Gasteiger partial charge >= 0.3 is 0 Å². The minimum atomic E-state index is 0.730. The van der Waals surface area contributed by atoms with E-state index in [9.17, 15) is 0 Å². The van der Waals surface area contributed by atoms with Crippen LogP contribution in [-0.2, 0) is 0 Å². The molecule has 0 fully saturated rings. The van der Waals surface area contributed by atoms with Crippen molar-refractivity contribution in [2.75, 3.05) is 5.73 Å². The molecule has 0 bridgehead atoms. The topological polar surface area (TPSA) is 67.6 Å². The first-order valence-corrected chi connectivity index (χ1v) is 5.78. The molecule has 5 heteroatoms. The molecule has 3 aromatic rings. The van der Waals surface area contributed by atoms with E-state index >= 15 is 0 Å². The van der Waals surface area contributed by atoms with Gasteiger partial charge in [0, 0.05) is 6.20 Å². The van der Waals surface area contributed by atoms with Crippen LogP contribution in [0.4, 0.5) is 5.69 Å². The van der Waals surface area contributed by atoms with Crippen LogP contribution in [0.3, 0.4) is 0 Å². The lowest BCUT2D eigenvalue weighted by Crippen LogP contribution is -1.84. The van der Waals surface area contributed by atoms with Crippen molar-refractivity contribution in [3.63, 3.8) is 0 Å². The first kappa shape index (κ1) is 9.35. The Labute approximate surface area is 96.2 Å². The van der Waals surface area contributed by atoms with Crippen molar-refractivity contribution in [2.45, 2.75) is 6.92 Å². The standard InChI is InChI=1S/C11H10N4S/c1-6-4-8-10(13-5-6)15-11(14-8)9-7(12)2-3-16-9/h2-5H,12H2,1H3,(H,13,14,15). The number of nitrogens with two attached hydrogens (primary N) is 1. The fourth-order valence-electron chi connectivity index (χ4n) is 1.62. The van der Waals surface area contributed by atoms with Crippen LogP contribution in [0, 0.1) is 6.92 Å². The summed E-state index contributed by atoms with van der Waals surface area (Å²) in [5.41, 5.74) is 9.39. The van der Waals surface area contributed by atoms with Gasteiger partial charge in [-0.2, -0.15) is 0 Å². The van der Waals surface area contributed by atoms with Crippen LogP contribution in [-0.4, -0.2) is 15.0 Å². The molecular weight excluding hydrogens is 220 g/mol. The van der Waals surface area contributed by atoms with Crippen LogP contribution in [0.1, 0.15) is 5.56 Å². The van der Waals surface area contributed by atoms with E-state index in [0.717, 1.165) is 33.1 Å². The summed E-state index contributed by atoms with van der Waals surface area (Å²) in [4.78, 5) is 12.9. The number of anilines is 1. The molecule has 0 atom stereocenters. The van der Waals surface area contributed by atoms with Gasteiger partial charge in [-0.1, -0.05) is 0 Å². The number of thiophene rings is 1. The minimum Gasteiger partial charge on any atom is -0.397 e. The summed E-state index contributed by atoms with van der Waals surface area (Å²) < 4.78 is 0. The molecule has 4 nitrogen and oxygen atoms in total. The van der Waals surface area contributed by atoms with Gasteiger partial charge < -0.3 is 10.7 Å².